The van der Waals surface area contributed by atoms with E-state index in [0.717, 1.165) is 28.5 Å². The summed E-state index contributed by atoms with van der Waals surface area (Å²) in [5.74, 6) is 3.62. The minimum absolute atomic E-state index is 0.514. The Morgan fingerprint density at radius 3 is 2.78 bits per heavy atom. The van der Waals surface area contributed by atoms with Crippen molar-refractivity contribution < 1.29 is 0 Å². The van der Waals surface area contributed by atoms with Crippen molar-refractivity contribution in [3.8, 4) is 11.3 Å². The van der Waals surface area contributed by atoms with E-state index in [1.54, 1.807) is 17.1 Å². The Morgan fingerprint density at radius 1 is 1.11 bits per heavy atom. The lowest BCUT2D eigenvalue weighted by Gasteiger charge is -2.32. The van der Waals surface area contributed by atoms with E-state index in [2.05, 4.69) is 48.0 Å². The van der Waals surface area contributed by atoms with Gasteiger partial charge in [-0.2, -0.15) is 5.10 Å². The van der Waals surface area contributed by atoms with Gasteiger partial charge in [0.25, 0.3) is 0 Å². The number of pyridine rings is 1. The molecule has 0 spiro atoms. The van der Waals surface area contributed by atoms with Crippen molar-refractivity contribution in [2.24, 2.45) is 13.0 Å². The number of aromatic nitrogens is 7. The fourth-order valence-electron chi connectivity index (χ4n) is 3.56. The van der Waals surface area contributed by atoms with Crippen LogP contribution in [0.4, 0.5) is 11.8 Å². The van der Waals surface area contributed by atoms with Crippen LogP contribution in [0.25, 0.3) is 16.9 Å². The van der Waals surface area contributed by atoms with Gasteiger partial charge in [-0.1, -0.05) is 6.92 Å². The number of nitrogens with zero attached hydrogens (tertiary/aromatic N) is 7. The highest BCUT2D eigenvalue weighted by atomic mass is 15.3. The number of nitrogens with one attached hydrogen (secondary N) is 1. The molecule has 4 aromatic heterocycles. The van der Waals surface area contributed by atoms with Gasteiger partial charge in [0.15, 0.2) is 5.65 Å². The molecule has 1 fully saturated rings. The number of hydrogen-bond acceptors (Lipinski definition) is 6. The maximum atomic E-state index is 4.63. The summed E-state index contributed by atoms with van der Waals surface area (Å²) in [5.41, 5.74) is 2.67. The number of rotatable bonds is 4. The van der Waals surface area contributed by atoms with E-state index in [0.29, 0.717) is 17.8 Å². The van der Waals surface area contributed by atoms with Crippen molar-refractivity contribution in [1.29, 1.82) is 0 Å². The van der Waals surface area contributed by atoms with Gasteiger partial charge in [0.2, 0.25) is 5.95 Å². The molecule has 0 bridgehead atoms. The summed E-state index contributed by atoms with van der Waals surface area (Å²) >= 11 is 0. The third kappa shape index (κ3) is 2.73. The first-order valence-electron chi connectivity index (χ1n) is 9.12. The van der Waals surface area contributed by atoms with Crippen molar-refractivity contribution in [3.63, 3.8) is 0 Å². The second kappa shape index (κ2) is 6.15. The van der Waals surface area contributed by atoms with Crippen LogP contribution in [-0.4, -0.2) is 34.3 Å². The van der Waals surface area contributed by atoms with Crippen LogP contribution in [0.3, 0.4) is 0 Å². The molecule has 0 saturated heterocycles. The van der Waals surface area contributed by atoms with E-state index in [4.69, 9.17) is 0 Å². The number of aryl methyl sites for hydroxylation is 1. The average Bonchev–Trinajstić information content (AvgIpc) is 3.27. The Kier molecular flexibility index (Phi) is 3.63. The first-order chi connectivity index (χ1) is 13.2. The van der Waals surface area contributed by atoms with Crippen LogP contribution in [0.15, 0.2) is 42.9 Å². The summed E-state index contributed by atoms with van der Waals surface area (Å²) in [4.78, 5) is 8.93. The van der Waals surface area contributed by atoms with Crippen molar-refractivity contribution >= 4 is 17.4 Å². The van der Waals surface area contributed by atoms with Crippen molar-refractivity contribution in [2.45, 2.75) is 25.7 Å². The summed E-state index contributed by atoms with van der Waals surface area (Å²) in [7, 11) is 1.87. The summed E-state index contributed by atoms with van der Waals surface area (Å²) in [6.45, 7) is 2.28. The minimum atomic E-state index is 0.514. The molecule has 0 aliphatic heterocycles. The van der Waals surface area contributed by atoms with Crippen LogP contribution < -0.4 is 5.32 Å². The lowest BCUT2D eigenvalue weighted by molar-refractivity contribution is 0.267. The molecule has 1 saturated carbocycles. The molecule has 8 nitrogen and oxygen atoms in total. The smallest absolute Gasteiger partial charge is 0.228 e. The van der Waals surface area contributed by atoms with Crippen LogP contribution >= 0.6 is 0 Å². The Labute approximate surface area is 156 Å². The van der Waals surface area contributed by atoms with E-state index < -0.39 is 0 Å². The lowest BCUT2D eigenvalue weighted by atomic mass is 9.74. The highest BCUT2D eigenvalue weighted by molar-refractivity contribution is 5.65. The average molecular weight is 360 g/mol. The molecular weight excluding hydrogens is 340 g/mol. The van der Waals surface area contributed by atoms with Gasteiger partial charge in [0.1, 0.15) is 11.6 Å². The molecule has 27 heavy (non-hydrogen) atoms. The molecule has 4 aromatic rings. The molecule has 2 atom stereocenters. The van der Waals surface area contributed by atoms with Gasteiger partial charge < -0.3 is 5.32 Å². The maximum absolute atomic E-state index is 4.63. The highest BCUT2D eigenvalue weighted by Gasteiger charge is 2.32. The molecule has 5 rings (SSSR count). The molecular formula is C19H20N8. The summed E-state index contributed by atoms with van der Waals surface area (Å²) in [6.07, 6.45) is 7.98. The third-order valence-electron chi connectivity index (χ3n) is 5.40. The van der Waals surface area contributed by atoms with Crippen LogP contribution in [0.1, 0.15) is 31.5 Å². The molecule has 8 heteroatoms. The largest absolute Gasteiger partial charge is 0.309 e. The Morgan fingerprint density at radius 2 is 2.04 bits per heavy atom. The summed E-state index contributed by atoms with van der Waals surface area (Å²) in [6, 6.07) is 7.85. The van der Waals surface area contributed by atoms with Crippen LogP contribution in [0.2, 0.25) is 0 Å². The normalized spacial score (nSPS) is 19.2. The molecule has 136 valence electrons. The fraction of sp³-hybridized carbons (Fsp3) is 0.316. The van der Waals surface area contributed by atoms with Crippen molar-refractivity contribution in [2.75, 3.05) is 5.32 Å². The van der Waals surface area contributed by atoms with Gasteiger partial charge in [0, 0.05) is 37.0 Å². The molecule has 0 amide bonds. The van der Waals surface area contributed by atoms with Gasteiger partial charge in [-0.25, -0.2) is 9.97 Å². The topological polar surface area (TPSA) is 85.8 Å². The van der Waals surface area contributed by atoms with E-state index in [-0.39, 0.29) is 0 Å². The van der Waals surface area contributed by atoms with Gasteiger partial charge >= 0.3 is 0 Å². The van der Waals surface area contributed by atoms with Crippen molar-refractivity contribution in [3.05, 3.63) is 48.7 Å². The van der Waals surface area contributed by atoms with Gasteiger partial charge in [-0.05, 0) is 37.0 Å². The minimum Gasteiger partial charge on any atom is -0.309 e. The van der Waals surface area contributed by atoms with Gasteiger partial charge in [-0.3, -0.25) is 9.08 Å². The molecule has 1 aliphatic carbocycles. The second-order valence-corrected chi connectivity index (χ2v) is 7.09. The van der Waals surface area contributed by atoms with E-state index >= 15 is 0 Å². The summed E-state index contributed by atoms with van der Waals surface area (Å²) < 4.78 is 3.83. The molecule has 0 radical (unpaired) electrons. The van der Waals surface area contributed by atoms with E-state index in [9.17, 15) is 0 Å². The number of anilines is 2. The molecule has 0 aromatic carbocycles. The zero-order valence-corrected chi connectivity index (χ0v) is 15.2. The molecule has 4 heterocycles. The molecule has 1 aliphatic rings. The molecule has 2 unspecified atom stereocenters. The first-order valence-corrected chi connectivity index (χ1v) is 9.12. The van der Waals surface area contributed by atoms with Crippen LogP contribution in [0.5, 0.6) is 0 Å². The van der Waals surface area contributed by atoms with E-state index in [1.165, 1.54) is 12.8 Å². The monoisotopic (exact) mass is 360 g/mol. The standard InChI is InChI=1S/C19H20N8/c1-12-3-4-14(12)18-25-24-17-11-13(7-10-27(17)18)15-5-8-20-19(22-15)23-16-6-9-21-26(16)2/h5-12,14H,3-4H2,1-2H3,(H,20,22,23). The fourth-order valence-corrected chi connectivity index (χ4v) is 3.56. The predicted octanol–water partition coefficient (Wildman–Crippen LogP) is 3.18. The molecule has 1 N–H and O–H groups in total. The Balaban J connectivity index is 1.47. The van der Waals surface area contributed by atoms with Crippen LogP contribution in [0, 0.1) is 5.92 Å². The predicted molar refractivity (Wildman–Crippen MR) is 102 cm³/mol. The van der Waals surface area contributed by atoms with Crippen LogP contribution in [-0.2, 0) is 7.05 Å². The number of hydrogen-bond donors (Lipinski definition) is 1. The Hall–Kier alpha value is -3.29. The summed E-state index contributed by atoms with van der Waals surface area (Å²) in [5, 5.41) is 16.1. The Bertz CT molecular complexity index is 1110. The third-order valence-corrected chi connectivity index (χ3v) is 5.40. The maximum Gasteiger partial charge on any atom is 0.228 e. The highest BCUT2D eigenvalue weighted by Crippen LogP contribution is 2.41. The first kappa shape index (κ1) is 15.9. The number of fused-ring (bicyclic) bond motifs is 1. The lowest BCUT2D eigenvalue weighted by Crippen LogP contribution is -2.22. The quantitative estimate of drug-likeness (QED) is 0.602. The second-order valence-electron chi connectivity index (χ2n) is 7.09. The van der Waals surface area contributed by atoms with Crippen molar-refractivity contribution in [1.82, 2.24) is 34.3 Å². The van der Waals surface area contributed by atoms with Gasteiger partial charge in [-0.15, -0.1) is 10.2 Å². The van der Waals surface area contributed by atoms with E-state index in [1.807, 2.05) is 31.4 Å². The SMILES string of the molecule is CC1CCC1c1nnc2cc(-c3ccnc(Nc4ccnn4C)n3)ccn12. The zero-order valence-electron chi connectivity index (χ0n) is 15.2. The zero-order chi connectivity index (χ0) is 18.4. The van der Waals surface area contributed by atoms with Gasteiger partial charge in [0.05, 0.1) is 11.9 Å².